The van der Waals surface area contributed by atoms with Crippen molar-refractivity contribution in [3.63, 3.8) is 0 Å². The molecule has 0 bridgehead atoms. The summed E-state index contributed by atoms with van der Waals surface area (Å²) in [5, 5.41) is 10.6. The number of nitrogens with one attached hydrogen (secondary N) is 1. The van der Waals surface area contributed by atoms with Gasteiger partial charge in [-0.15, -0.1) is 10.2 Å². The Labute approximate surface area is 155 Å². The lowest BCUT2D eigenvalue weighted by atomic mass is 10.3. The second kappa shape index (κ2) is 8.75. The molecule has 27 heavy (non-hydrogen) atoms. The Morgan fingerprint density at radius 3 is 2.85 bits per heavy atom. The highest BCUT2D eigenvalue weighted by atomic mass is 16.5. The Morgan fingerprint density at radius 1 is 1.30 bits per heavy atom. The van der Waals surface area contributed by atoms with Crippen molar-refractivity contribution in [3.05, 3.63) is 59.0 Å². The van der Waals surface area contributed by atoms with E-state index in [1.54, 1.807) is 30.5 Å². The van der Waals surface area contributed by atoms with Gasteiger partial charge in [0.1, 0.15) is 18.8 Å². The number of hydrogen-bond donors (Lipinski definition) is 1. The first-order chi connectivity index (χ1) is 13.2. The first kappa shape index (κ1) is 18.3. The maximum Gasteiger partial charge on any atom is 0.253 e. The summed E-state index contributed by atoms with van der Waals surface area (Å²) in [4.78, 5) is 27.9. The van der Waals surface area contributed by atoms with Gasteiger partial charge in [-0.2, -0.15) is 0 Å². The summed E-state index contributed by atoms with van der Waals surface area (Å²) in [7, 11) is 0. The molecule has 0 unspecified atom stereocenters. The molecule has 0 aliphatic carbocycles. The minimum atomic E-state index is -0.300. The Morgan fingerprint density at radius 2 is 2.19 bits per heavy atom. The molecule has 0 aliphatic heterocycles. The predicted octanol–water partition coefficient (Wildman–Crippen LogP) is 1.05. The van der Waals surface area contributed by atoms with Gasteiger partial charge in [0.05, 0.1) is 19.1 Å². The standard InChI is InChI=1S/C18H19N5O4/c1-2-13-10-18(25)23(12-20-13)11-16(24)19-7-9-27-17-6-5-14(21-22-17)15-4-3-8-26-15/h3-6,8,10,12H,2,7,9,11H2,1H3,(H,19,24). The third-order valence-corrected chi connectivity index (χ3v) is 3.70. The fraction of sp³-hybridized carbons (Fsp3) is 0.278. The van der Waals surface area contributed by atoms with Crippen molar-refractivity contribution < 1.29 is 13.9 Å². The van der Waals surface area contributed by atoms with E-state index in [2.05, 4.69) is 20.5 Å². The number of amides is 1. The van der Waals surface area contributed by atoms with Gasteiger partial charge in [-0.3, -0.25) is 14.2 Å². The zero-order valence-corrected chi connectivity index (χ0v) is 14.8. The number of nitrogens with zero attached hydrogens (tertiary/aromatic N) is 4. The van der Waals surface area contributed by atoms with Crippen molar-refractivity contribution in [2.75, 3.05) is 13.2 Å². The Kier molecular flexibility index (Phi) is 5.93. The van der Waals surface area contributed by atoms with Crippen LogP contribution in [0.5, 0.6) is 5.88 Å². The van der Waals surface area contributed by atoms with Gasteiger partial charge in [-0.1, -0.05) is 6.92 Å². The maximum absolute atomic E-state index is 11.9. The van der Waals surface area contributed by atoms with Crippen LogP contribution in [0.1, 0.15) is 12.6 Å². The third-order valence-electron chi connectivity index (χ3n) is 3.70. The van der Waals surface area contributed by atoms with E-state index in [9.17, 15) is 9.59 Å². The van der Waals surface area contributed by atoms with E-state index in [0.717, 1.165) is 0 Å². The largest absolute Gasteiger partial charge is 0.475 e. The van der Waals surface area contributed by atoms with Crippen LogP contribution in [0, 0.1) is 0 Å². The average molecular weight is 369 g/mol. The van der Waals surface area contributed by atoms with Crippen LogP contribution >= 0.6 is 0 Å². The molecule has 0 spiro atoms. The summed E-state index contributed by atoms with van der Waals surface area (Å²) in [6.07, 6.45) is 3.62. The summed E-state index contributed by atoms with van der Waals surface area (Å²) in [6, 6.07) is 8.40. The van der Waals surface area contributed by atoms with Crippen molar-refractivity contribution in [1.82, 2.24) is 25.1 Å². The van der Waals surface area contributed by atoms with Gasteiger partial charge in [0.25, 0.3) is 5.56 Å². The first-order valence-electron chi connectivity index (χ1n) is 8.48. The second-order valence-electron chi connectivity index (χ2n) is 5.63. The van der Waals surface area contributed by atoms with E-state index in [4.69, 9.17) is 9.15 Å². The van der Waals surface area contributed by atoms with Crippen LogP contribution in [0.4, 0.5) is 0 Å². The van der Waals surface area contributed by atoms with Crippen molar-refractivity contribution in [2.24, 2.45) is 0 Å². The topological polar surface area (TPSA) is 112 Å². The van der Waals surface area contributed by atoms with Gasteiger partial charge in [-0.25, -0.2) is 4.98 Å². The van der Waals surface area contributed by atoms with Crippen molar-refractivity contribution >= 4 is 5.91 Å². The number of carbonyl (C=O) groups excluding carboxylic acids is 1. The van der Waals surface area contributed by atoms with Gasteiger partial charge in [-0.05, 0) is 24.6 Å². The van der Waals surface area contributed by atoms with Gasteiger partial charge < -0.3 is 14.5 Å². The lowest BCUT2D eigenvalue weighted by Crippen LogP contribution is -2.34. The molecule has 1 N–H and O–H groups in total. The van der Waals surface area contributed by atoms with Crippen molar-refractivity contribution in [3.8, 4) is 17.3 Å². The minimum absolute atomic E-state index is 0.0898. The van der Waals surface area contributed by atoms with Gasteiger partial charge >= 0.3 is 0 Å². The van der Waals surface area contributed by atoms with Crippen LogP contribution in [0.3, 0.4) is 0 Å². The summed E-state index contributed by atoms with van der Waals surface area (Å²) in [5.41, 5.74) is 1.05. The molecular weight excluding hydrogens is 350 g/mol. The number of aromatic nitrogens is 4. The highest BCUT2D eigenvalue weighted by molar-refractivity contribution is 5.75. The summed E-state index contributed by atoms with van der Waals surface area (Å²) in [6.45, 7) is 2.32. The molecule has 0 atom stereocenters. The fourth-order valence-electron chi connectivity index (χ4n) is 2.28. The van der Waals surface area contributed by atoms with Crippen LogP contribution in [-0.4, -0.2) is 38.8 Å². The van der Waals surface area contributed by atoms with Crippen molar-refractivity contribution in [2.45, 2.75) is 19.9 Å². The molecule has 0 fully saturated rings. The first-order valence-corrected chi connectivity index (χ1v) is 8.48. The summed E-state index contributed by atoms with van der Waals surface area (Å²) < 4.78 is 11.9. The molecular formula is C18H19N5O4. The molecule has 9 heteroatoms. The molecule has 0 aromatic carbocycles. The van der Waals surface area contributed by atoms with E-state index in [0.29, 0.717) is 29.4 Å². The van der Waals surface area contributed by atoms with Gasteiger partial charge in [0, 0.05) is 17.8 Å². The van der Waals surface area contributed by atoms with Gasteiger partial charge in [0.15, 0.2) is 5.76 Å². The molecule has 3 aromatic rings. The summed E-state index contributed by atoms with van der Waals surface area (Å²) in [5.74, 6) is 0.666. The molecule has 1 amide bonds. The molecule has 3 rings (SSSR count). The minimum Gasteiger partial charge on any atom is -0.475 e. The molecule has 0 radical (unpaired) electrons. The SMILES string of the molecule is CCc1cc(=O)n(CC(=O)NCCOc2ccc(-c3ccco3)nn2)cn1. The Hall–Kier alpha value is -3.49. The monoisotopic (exact) mass is 369 g/mol. The van der Waals surface area contributed by atoms with E-state index in [1.165, 1.54) is 17.0 Å². The molecule has 140 valence electrons. The number of furan rings is 1. The second-order valence-corrected chi connectivity index (χ2v) is 5.63. The van der Waals surface area contributed by atoms with E-state index >= 15 is 0 Å². The van der Waals surface area contributed by atoms with Crippen LogP contribution in [0.25, 0.3) is 11.5 Å². The molecule has 3 aromatic heterocycles. The molecule has 0 saturated carbocycles. The van der Waals surface area contributed by atoms with Crippen LogP contribution < -0.4 is 15.6 Å². The number of aryl methyl sites for hydroxylation is 1. The van der Waals surface area contributed by atoms with Crippen molar-refractivity contribution in [1.29, 1.82) is 0 Å². The number of rotatable bonds is 8. The zero-order chi connectivity index (χ0) is 19.1. The molecule has 0 aliphatic rings. The number of carbonyl (C=O) groups is 1. The zero-order valence-electron chi connectivity index (χ0n) is 14.8. The Bertz CT molecular complexity index is 935. The number of ether oxygens (including phenoxy) is 1. The maximum atomic E-state index is 11.9. The number of hydrogen-bond acceptors (Lipinski definition) is 7. The van der Waals surface area contributed by atoms with E-state index in [-0.39, 0.29) is 31.2 Å². The predicted molar refractivity (Wildman–Crippen MR) is 96.1 cm³/mol. The highest BCUT2D eigenvalue weighted by Gasteiger charge is 2.06. The molecule has 0 saturated heterocycles. The van der Waals surface area contributed by atoms with E-state index < -0.39 is 0 Å². The van der Waals surface area contributed by atoms with Crippen LogP contribution in [0.2, 0.25) is 0 Å². The fourth-order valence-corrected chi connectivity index (χ4v) is 2.28. The average Bonchev–Trinajstić information content (AvgIpc) is 3.22. The lowest BCUT2D eigenvalue weighted by molar-refractivity contribution is -0.121. The summed E-state index contributed by atoms with van der Waals surface area (Å²) >= 11 is 0. The van der Waals surface area contributed by atoms with Crippen LogP contribution in [-0.2, 0) is 17.8 Å². The lowest BCUT2D eigenvalue weighted by Gasteiger charge is -2.08. The van der Waals surface area contributed by atoms with Gasteiger partial charge in [0.2, 0.25) is 11.8 Å². The highest BCUT2D eigenvalue weighted by Crippen LogP contribution is 2.17. The smallest absolute Gasteiger partial charge is 0.253 e. The van der Waals surface area contributed by atoms with Crippen LogP contribution in [0.15, 0.2) is 52.1 Å². The molecule has 3 heterocycles. The normalized spacial score (nSPS) is 10.6. The quantitative estimate of drug-likeness (QED) is 0.591. The Balaban J connectivity index is 1.42. The third kappa shape index (κ3) is 5.00. The molecule has 9 nitrogen and oxygen atoms in total. The van der Waals surface area contributed by atoms with E-state index in [1.807, 2.05) is 6.92 Å².